The second kappa shape index (κ2) is 8.78. The number of amides is 1. The zero-order valence-corrected chi connectivity index (χ0v) is 17.7. The van der Waals surface area contributed by atoms with Crippen molar-refractivity contribution in [1.82, 2.24) is 15.2 Å². The maximum absolute atomic E-state index is 13.4. The Morgan fingerprint density at radius 1 is 1.10 bits per heavy atom. The van der Waals surface area contributed by atoms with Crippen molar-refractivity contribution in [2.24, 2.45) is 5.41 Å². The molecule has 0 aliphatic rings. The van der Waals surface area contributed by atoms with E-state index in [1.807, 2.05) is 32.3 Å². The molecule has 5 heteroatoms. The van der Waals surface area contributed by atoms with E-state index in [0.717, 1.165) is 34.3 Å². The van der Waals surface area contributed by atoms with Crippen LogP contribution in [0.5, 0.6) is 0 Å². The van der Waals surface area contributed by atoms with Crippen LogP contribution in [0.15, 0.2) is 48.5 Å². The maximum Gasteiger partial charge on any atom is 0.220 e. The fraction of sp³-hybridized carbons (Fsp3) is 0.375. The predicted molar refractivity (Wildman–Crippen MR) is 117 cm³/mol. The largest absolute Gasteiger partial charge is 0.356 e. The van der Waals surface area contributed by atoms with Crippen molar-refractivity contribution in [2.45, 2.75) is 26.7 Å². The molecule has 1 amide bonds. The van der Waals surface area contributed by atoms with Crippen molar-refractivity contribution in [3.63, 3.8) is 0 Å². The van der Waals surface area contributed by atoms with Gasteiger partial charge in [0.15, 0.2) is 0 Å². The van der Waals surface area contributed by atoms with Gasteiger partial charge in [0, 0.05) is 36.1 Å². The molecule has 0 saturated carbocycles. The van der Waals surface area contributed by atoms with E-state index in [9.17, 15) is 9.18 Å². The molecule has 0 unspecified atom stereocenters. The summed E-state index contributed by atoms with van der Waals surface area (Å²) < 4.78 is 13.4. The molecule has 1 heterocycles. The van der Waals surface area contributed by atoms with Gasteiger partial charge in [-0.2, -0.15) is 0 Å². The number of halogens is 1. The number of aromatic nitrogens is 1. The van der Waals surface area contributed by atoms with Crippen LogP contribution in [0.3, 0.4) is 0 Å². The second-order valence-corrected chi connectivity index (χ2v) is 8.71. The highest BCUT2D eigenvalue weighted by Crippen LogP contribution is 2.31. The summed E-state index contributed by atoms with van der Waals surface area (Å²) in [6, 6.07) is 14.5. The van der Waals surface area contributed by atoms with Gasteiger partial charge in [-0.25, -0.2) is 4.39 Å². The molecular weight excluding hydrogens is 365 g/mol. The number of aryl methyl sites for hydroxylation is 1. The van der Waals surface area contributed by atoms with Gasteiger partial charge in [0.25, 0.3) is 0 Å². The van der Waals surface area contributed by atoms with Crippen LogP contribution in [0.1, 0.15) is 25.8 Å². The molecule has 3 aromatic rings. The Morgan fingerprint density at radius 3 is 2.48 bits per heavy atom. The molecule has 29 heavy (non-hydrogen) atoms. The second-order valence-electron chi connectivity index (χ2n) is 8.71. The Balaban J connectivity index is 1.75. The molecular formula is C24H30FN3O. The van der Waals surface area contributed by atoms with Crippen LogP contribution in [-0.4, -0.2) is 43.0 Å². The monoisotopic (exact) mass is 395 g/mol. The number of hydrogen-bond donors (Lipinski definition) is 2. The molecule has 0 saturated heterocycles. The van der Waals surface area contributed by atoms with Gasteiger partial charge in [0.05, 0.1) is 0 Å². The van der Waals surface area contributed by atoms with Crippen LogP contribution in [0.4, 0.5) is 4.39 Å². The molecule has 0 aliphatic carbocycles. The third-order valence-corrected chi connectivity index (χ3v) is 5.06. The third kappa shape index (κ3) is 5.45. The summed E-state index contributed by atoms with van der Waals surface area (Å²) in [5, 5.41) is 4.18. The normalized spacial score (nSPS) is 11.9. The number of para-hydroxylation sites is 1. The van der Waals surface area contributed by atoms with E-state index in [2.05, 4.69) is 35.1 Å². The number of benzene rings is 2. The van der Waals surface area contributed by atoms with E-state index >= 15 is 0 Å². The molecule has 2 N–H and O–H groups in total. The average Bonchev–Trinajstić information content (AvgIpc) is 3.03. The highest BCUT2D eigenvalue weighted by molar-refractivity contribution is 5.91. The summed E-state index contributed by atoms with van der Waals surface area (Å²) in [5.41, 5.74) is 4.00. The zero-order chi connectivity index (χ0) is 21.0. The van der Waals surface area contributed by atoms with Gasteiger partial charge in [-0.05, 0) is 67.4 Å². The number of carbonyl (C=O) groups excluding carboxylic acids is 1. The van der Waals surface area contributed by atoms with Crippen LogP contribution >= 0.6 is 0 Å². The van der Waals surface area contributed by atoms with E-state index in [-0.39, 0.29) is 17.1 Å². The first-order valence-corrected chi connectivity index (χ1v) is 10.0. The Hall–Kier alpha value is -2.66. The molecule has 0 spiro atoms. The Kier molecular flexibility index (Phi) is 6.38. The van der Waals surface area contributed by atoms with E-state index in [0.29, 0.717) is 19.4 Å². The van der Waals surface area contributed by atoms with Gasteiger partial charge in [-0.15, -0.1) is 0 Å². The quantitative estimate of drug-likeness (QED) is 0.585. The topological polar surface area (TPSA) is 48.1 Å². The summed E-state index contributed by atoms with van der Waals surface area (Å²) in [6.45, 7) is 5.85. The van der Waals surface area contributed by atoms with Gasteiger partial charge in [0.2, 0.25) is 5.91 Å². The minimum atomic E-state index is -0.258. The smallest absolute Gasteiger partial charge is 0.220 e. The Morgan fingerprint density at radius 2 is 1.79 bits per heavy atom. The van der Waals surface area contributed by atoms with Gasteiger partial charge >= 0.3 is 0 Å². The SMILES string of the molecule is CN(C)CC(C)(C)CNC(=O)CCc1c(-c2ccc(F)cc2)[nH]c2ccccc12. The summed E-state index contributed by atoms with van der Waals surface area (Å²) in [6.07, 6.45) is 1.03. The third-order valence-electron chi connectivity index (χ3n) is 5.06. The Labute approximate surface area is 172 Å². The molecule has 0 radical (unpaired) electrons. The number of hydrogen-bond acceptors (Lipinski definition) is 2. The van der Waals surface area contributed by atoms with Crippen molar-refractivity contribution in [2.75, 3.05) is 27.2 Å². The molecule has 0 fully saturated rings. The van der Waals surface area contributed by atoms with Crippen molar-refractivity contribution in [3.05, 3.63) is 59.9 Å². The minimum absolute atomic E-state index is 0.0131. The van der Waals surface area contributed by atoms with Crippen molar-refractivity contribution in [3.8, 4) is 11.3 Å². The van der Waals surface area contributed by atoms with Crippen LogP contribution in [0.2, 0.25) is 0 Å². The molecule has 2 aromatic carbocycles. The van der Waals surface area contributed by atoms with Gasteiger partial charge < -0.3 is 15.2 Å². The summed E-state index contributed by atoms with van der Waals surface area (Å²) >= 11 is 0. The van der Waals surface area contributed by atoms with Gasteiger partial charge in [-0.3, -0.25) is 4.79 Å². The Bertz CT molecular complexity index is 973. The minimum Gasteiger partial charge on any atom is -0.356 e. The van der Waals surface area contributed by atoms with Crippen molar-refractivity contribution < 1.29 is 9.18 Å². The standard InChI is InChI=1S/C24H30FN3O/c1-24(2,16-28(3)4)15-26-22(29)14-13-20-19-7-5-6-8-21(19)27-23(20)17-9-11-18(25)12-10-17/h5-12,27H,13-16H2,1-4H3,(H,26,29). The number of nitrogens with zero attached hydrogens (tertiary/aromatic N) is 1. The summed E-state index contributed by atoms with van der Waals surface area (Å²) in [5.74, 6) is -0.210. The van der Waals surface area contributed by atoms with Crippen LogP contribution in [0.25, 0.3) is 22.2 Å². The van der Waals surface area contributed by atoms with Crippen LogP contribution < -0.4 is 5.32 Å². The molecule has 4 nitrogen and oxygen atoms in total. The molecule has 0 bridgehead atoms. The van der Waals surface area contributed by atoms with Gasteiger partial charge in [0.1, 0.15) is 5.82 Å². The van der Waals surface area contributed by atoms with Crippen LogP contribution in [-0.2, 0) is 11.2 Å². The molecule has 154 valence electrons. The highest BCUT2D eigenvalue weighted by Gasteiger charge is 2.20. The lowest BCUT2D eigenvalue weighted by Gasteiger charge is -2.28. The van der Waals surface area contributed by atoms with Crippen LogP contribution in [0, 0.1) is 11.2 Å². The molecule has 0 atom stereocenters. The fourth-order valence-electron chi connectivity index (χ4n) is 3.90. The zero-order valence-electron chi connectivity index (χ0n) is 17.7. The summed E-state index contributed by atoms with van der Waals surface area (Å²) in [4.78, 5) is 18.1. The van der Waals surface area contributed by atoms with E-state index in [4.69, 9.17) is 0 Å². The number of rotatable bonds is 8. The van der Waals surface area contributed by atoms with Crippen molar-refractivity contribution in [1.29, 1.82) is 0 Å². The van der Waals surface area contributed by atoms with Gasteiger partial charge in [-0.1, -0.05) is 32.0 Å². The number of H-pyrrole nitrogens is 1. The average molecular weight is 396 g/mol. The molecule has 0 aliphatic heterocycles. The first kappa shape index (κ1) is 21.1. The maximum atomic E-state index is 13.4. The number of nitrogens with one attached hydrogen (secondary N) is 2. The fourth-order valence-corrected chi connectivity index (χ4v) is 3.90. The number of carbonyl (C=O) groups is 1. The lowest BCUT2D eigenvalue weighted by Crippen LogP contribution is -2.40. The lowest BCUT2D eigenvalue weighted by molar-refractivity contribution is -0.121. The molecule has 1 aromatic heterocycles. The van der Waals surface area contributed by atoms with E-state index in [1.54, 1.807) is 12.1 Å². The predicted octanol–water partition coefficient (Wildman–Crippen LogP) is 4.61. The van der Waals surface area contributed by atoms with Crippen molar-refractivity contribution >= 4 is 16.8 Å². The first-order valence-electron chi connectivity index (χ1n) is 10.0. The van der Waals surface area contributed by atoms with E-state index < -0.39 is 0 Å². The van der Waals surface area contributed by atoms with E-state index in [1.165, 1.54) is 12.1 Å². The first-order chi connectivity index (χ1) is 13.7. The highest BCUT2D eigenvalue weighted by atomic mass is 19.1. The summed E-state index contributed by atoms with van der Waals surface area (Å²) in [7, 11) is 4.08. The number of fused-ring (bicyclic) bond motifs is 1. The molecule has 3 rings (SSSR count). The lowest BCUT2D eigenvalue weighted by atomic mass is 9.93. The number of aromatic amines is 1.